The first-order valence-electron chi connectivity index (χ1n) is 8.17. The van der Waals surface area contributed by atoms with Crippen LogP contribution in [-0.4, -0.2) is 14.2 Å². The third kappa shape index (κ3) is 2.17. The molecule has 4 rings (SSSR count). The monoisotopic (exact) mass is 325 g/mol. The van der Waals surface area contributed by atoms with Crippen molar-refractivity contribution in [3.63, 3.8) is 0 Å². The Balaban J connectivity index is 1.85. The molecule has 4 heteroatoms. The molecule has 2 aliphatic rings. The van der Waals surface area contributed by atoms with Gasteiger partial charge in [0.15, 0.2) is 11.5 Å². The van der Waals surface area contributed by atoms with E-state index in [1.54, 1.807) is 20.3 Å². The van der Waals surface area contributed by atoms with Gasteiger partial charge < -0.3 is 14.8 Å². The Morgan fingerprint density at radius 1 is 1.04 bits per heavy atom. The molecule has 2 aromatic rings. The molecule has 0 saturated carbocycles. The predicted molar refractivity (Wildman–Crippen MR) is 92.3 cm³/mol. The van der Waals surface area contributed by atoms with Crippen LogP contribution in [0.4, 0.5) is 10.1 Å². The van der Waals surface area contributed by atoms with Gasteiger partial charge in [0.2, 0.25) is 0 Å². The highest BCUT2D eigenvalue weighted by molar-refractivity contribution is 5.62. The van der Waals surface area contributed by atoms with Crippen LogP contribution in [0, 0.1) is 11.7 Å². The van der Waals surface area contributed by atoms with E-state index in [0.717, 1.165) is 17.5 Å². The van der Waals surface area contributed by atoms with E-state index in [1.165, 1.54) is 6.07 Å². The van der Waals surface area contributed by atoms with E-state index < -0.39 is 0 Å². The molecule has 3 nitrogen and oxygen atoms in total. The number of rotatable bonds is 3. The number of para-hydroxylation sites is 2. The molecule has 0 aromatic heterocycles. The number of halogens is 1. The molecule has 0 radical (unpaired) electrons. The maximum atomic E-state index is 14.4. The lowest BCUT2D eigenvalue weighted by Crippen LogP contribution is -2.30. The molecule has 1 N–H and O–H groups in total. The molecule has 1 heterocycles. The van der Waals surface area contributed by atoms with Gasteiger partial charge in [0, 0.05) is 11.5 Å². The largest absolute Gasteiger partial charge is 0.493 e. The highest BCUT2D eigenvalue weighted by atomic mass is 19.1. The lowest BCUT2D eigenvalue weighted by Gasteiger charge is -2.38. The fourth-order valence-corrected chi connectivity index (χ4v) is 4.05. The minimum atomic E-state index is -0.210. The number of allylic oxidation sites excluding steroid dienone is 2. The van der Waals surface area contributed by atoms with Crippen LogP contribution in [-0.2, 0) is 0 Å². The van der Waals surface area contributed by atoms with E-state index in [9.17, 15) is 4.39 Å². The summed E-state index contributed by atoms with van der Waals surface area (Å²) in [5.41, 5.74) is 2.64. The molecule has 3 atom stereocenters. The molecule has 24 heavy (non-hydrogen) atoms. The number of nitrogens with one attached hydrogen (secondary N) is 1. The second kappa shape index (κ2) is 5.86. The van der Waals surface area contributed by atoms with Gasteiger partial charge in [0.1, 0.15) is 5.82 Å². The second-order valence-electron chi connectivity index (χ2n) is 6.26. The topological polar surface area (TPSA) is 30.5 Å². The van der Waals surface area contributed by atoms with E-state index in [4.69, 9.17) is 9.47 Å². The summed E-state index contributed by atoms with van der Waals surface area (Å²) in [4.78, 5) is 0. The number of hydrogen-bond donors (Lipinski definition) is 1. The molecule has 2 aromatic carbocycles. The smallest absolute Gasteiger partial charge is 0.165 e. The highest BCUT2D eigenvalue weighted by Gasteiger charge is 2.40. The normalized spacial score (nSPS) is 24.0. The van der Waals surface area contributed by atoms with Gasteiger partial charge in [-0.3, -0.25) is 0 Å². The summed E-state index contributed by atoms with van der Waals surface area (Å²) >= 11 is 0. The van der Waals surface area contributed by atoms with Crippen molar-refractivity contribution in [1.29, 1.82) is 0 Å². The number of fused-ring (bicyclic) bond motifs is 3. The first-order valence-corrected chi connectivity index (χ1v) is 8.17. The number of methoxy groups -OCH3 is 2. The van der Waals surface area contributed by atoms with Crippen molar-refractivity contribution in [2.24, 2.45) is 5.92 Å². The van der Waals surface area contributed by atoms with Gasteiger partial charge in [-0.05, 0) is 30.0 Å². The molecule has 0 saturated heterocycles. The van der Waals surface area contributed by atoms with E-state index in [0.29, 0.717) is 23.1 Å². The zero-order valence-corrected chi connectivity index (χ0v) is 13.8. The van der Waals surface area contributed by atoms with Gasteiger partial charge in [0.25, 0.3) is 0 Å². The van der Waals surface area contributed by atoms with Crippen LogP contribution < -0.4 is 14.8 Å². The van der Waals surface area contributed by atoms with Crippen molar-refractivity contribution < 1.29 is 13.9 Å². The van der Waals surface area contributed by atoms with Crippen molar-refractivity contribution in [1.82, 2.24) is 0 Å². The molecular weight excluding hydrogens is 305 g/mol. The second-order valence-corrected chi connectivity index (χ2v) is 6.26. The van der Waals surface area contributed by atoms with Crippen LogP contribution in [0.25, 0.3) is 0 Å². The van der Waals surface area contributed by atoms with Crippen molar-refractivity contribution in [2.75, 3.05) is 19.5 Å². The average Bonchev–Trinajstić information content (AvgIpc) is 3.10. The zero-order chi connectivity index (χ0) is 16.7. The summed E-state index contributed by atoms with van der Waals surface area (Å²) in [5.74, 6) is 1.75. The zero-order valence-electron chi connectivity index (χ0n) is 13.8. The summed E-state index contributed by atoms with van der Waals surface area (Å²) in [6, 6.07) is 11.1. The van der Waals surface area contributed by atoms with Crippen LogP contribution in [0.3, 0.4) is 0 Å². The van der Waals surface area contributed by atoms with Crippen LogP contribution in [0.15, 0.2) is 48.6 Å². The van der Waals surface area contributed by atoms with Crippen molar-refractivity contribution in [3.05, 3.63) is 65.5 Å². The Bertz CT molecular complexity index is 802. The predicted octanol–water partition coefficient (Wildman–Crippen LogP) is 4.67. The summed E-state index contributed by atoms with van der Waals surface area (Å²) in [7, 11) is 3.27. The molecule has 0 fully saturated rings. The molecule has 0 unspecified atom stereocenters. The Morgan fingerprint density at radius 3 is 2.62 bits per heavy atom. The van der Waals surface area contributed by atoms with E-state index >= 15 is 0 Å². The van der Waals surface area contributed by atoms with E-state index in [1.807, 2.05) is 24.3 Å². The average molecular weight is 325 g/mol. The Labute approximate surface area is 141 Å². The third-order valence-corrected chi connectivity index (χ3v) is 5.11. The van der Waals surface area contributed by atoms with Gasteiger partial charge in [0.05, 0.1) is 25.9 Å². The Kier molecular flexibility index (Phi) is 3.68. The SMILES string of the molecule is COc1cccc([C@@H]2Nc3c(F)cccc3[C@@H]3C=CC[C@H]32)c1OC. The first kappa shape index (κ1) is 15.1. The minimum absolute atomic E-state index is 0.0283. The van der Waals surface area contributed by atoms with Gasteiger partial charge in [-0.2, -0.15) is 0 Å². The molecule has 1 aliphatic carbocycles. The first-order chi connectivity index (χ1) is 11.7. The lowest BCUT2D eigenvalue weighted by molar-refractivity contribution is 0.340. The van der Waals surface area contributed by atoms with Crippen molar-refractivity contribution in [3.8, 4) is 11.5 Å². The Hall–Kier alpha value is -2.49. The maximum Gasteiger partial charge on any atom is 0.165 e. The molecule has 0 spiro atoms. The van der Waals surface area contributed by atoms with Crippen LogP contribution in [0.2, 0.25) is 0 Å². The quantitative estimate of drug-likeness (QED) is 0.832. The van der Waals surface area contributed by atoms with Crippen LogP contribution in [0.5, 0.6) is 11.5 Å². The molecule has 0 amide bonds. The fourth-order valence-electron chi connectivity index (χ4n) is 4.05. The lowest BCUT2D eigenvalue weighted by atomic mass is 9.76. The third-order valence-electron chi connectivity index (χ3n) is 5.11. The molecular formula is C20H20FNO2. The maximum absolute atomic E-state index is 14.4. The molecule has 1 aliphatic heterocycles. The van der Waals surface area contributed by atoms with Gasteiger partial charge in [-0.1, -0.05) is 36.4 Å². The number of benzene rings is 2. The van der Waals surface area contributed by atoms with Crippen molar-refractivity contribution in [2.45, 2.75) is 18.4 Å². The van der Waals surface area contributed by atoms with Gasteiger partial charge >= 0.3 is 0 Å². The molecule has 124 valence electrons. The summed E-state index contributed by atoms with van der Waals surface area (Å²) in [5, 5.41) is 3.43. The van der Waals surface area contributed by atoms with E-state index in [-0.39, 0.29) is 17.8 Å². The Morgan fingerprint density at radius 2 is 1.83 bits per heavy atom. The number of ether oxygens (including phenoxy) is 2. The minimum Gasteiger partial charge on any atom is -0.493 e. The molecule has 0 bridgehead atoms. The standard InChI is InChI=1S/C20H20FNO2/c1-23-17-11-5-9-15(20(17)24-2)18-13-7-3-6-12(13)14-8-4-10-16(21)19(14)22-18/h3-6,8-13,18,22H,7H2,1-2H3/t12-,13-,18-/m1/s1. The van der Waals surface area contributed by atoms with Crippen LogP contribution >= 0.6 is 0 Å². The highest BCUT2D eigenvalue weighted by Crippen LogP contribution is 2.52. The van der Waals surface area contributed by atoms with E-state index in [2.05, 4.69) is 17.5 Å². The summed E-state index contributed by atoms with van der Waals surface area (Å²) < 4.78 is 25.4. The summed E-state index contributed by atoms with van der Waals surface area (Å²) in [6.45, 7) is 0. The van der Waals surface area contributed by atoms with Crippen LogP contribution in [0.1, 0.15) is 29.5 Å². The van der Waals surface area contributed by atoms with Gasteiger partial charge in [-0.25, -0.2) is 4.39 Å². The van der Waals surface area contributed by atoms with Gasteiger partial charge in [-0.15, -0.1) is 0 Å². The van der Waals surface area contributed by atoms with Crippen molar-refractivity contribution >= 4 is 5.69 Å². The fraction of sp³-hybridized carbons (Fsp3) is 0.300. The summed E-state index contributed by atoms with van der Waals surface area (Å²) in [6.07, 6.45) is 5.35. The number of anilines is 1. The number of hydrogen-bond acceptors (Lipinski definition) is 3.